The van der Waals surface area contributed by atoms with Gasteiger partial charge < -0.3 is 17.0 Å². The molecule has 0 amide bonds. The molecule has 1 aromatic heterocycles. The van der Waals surface area contributed by atoms with E-state index in [-0.39, 0.29) is 34.9 Å². The summed E-state index contributed by atoms with van der Waals surface area (Å²) < 4.78 is 28.5. The fraction of sp³-hybridized carbons (Fsp3) is 0.143. The number of carbonyl (C=O) groups excluding carboxylic acids is 1. The number of rotatable bonds is 3. The number of Topliss-reactive ketones (excluding diaryl/α,β-unsaturated/α-hetero) is 1. The van der Waals surface area contributed by atoms with Crippen LogP contribution in [-0.4, -0.2) is 5.78 Å². The second-order valence-corrected chi connectivity index (χ2v) is 4.98. The van der Waals surface area contributed by atoms with Crippen molar-refractivity contribution >= 4 is 21.7 Å². The van der Waals surface area contributed by atoms with Crippen LogP contribution in [0.1, 0.15) is 16.1 Å². The summed E-state index contributed by atoms with van der Waals surface area (Å²) in [5.74, 6) is -2.24. The van der Waals surface area contributed by atoms with Crippen LogP contribution in [0.4, 0.5) is 8.78 Å². The maximum Gasteiger partial charge on any atom is 0.227 e. The highest BCUT2D eigenvalue weighted by molar-refractivity contribution is 9.10. The number of halogens is 4. The number of ketones is 1. The number of benzene rings is 1. The predicted molar refractivity (Wildman–Crippen MR) is 69.8 cm³/mol. The van der Waals surface area contributed by atoms with Gasteiger partial charge in [-0.25, -0.2) is 8.78 Å². The van der Waals surface area contributed by atoms with Gasteiger partial charge in [-0.1, -0.05) is 0 Å². The molecule has 2 rings (SSSR count). The number of aromatic nitrogens is 1. The number of carbonyl (C=O) groups is 1. The van der Waals surface area contributed by atoms with E-state index < -0.39 is 11.6 Å². The van der Waals surface area contributed by atoms with Gasteiger partial charge in [0.2, 0.25) is 12.3 Å². The smallest absolute Gasteiger partial charge is 0.227 e. The lowest BCUT2D eigenvalue weighted by Crippen LogP contribution is -3.00. The van der Waals surface area contributed by atoms with Crippen molar-refractivity contribution in [1.29, 1.82) is 0 Å². The molecule has 0 saturated carbocycles. The molecule has 1 heterocycles. The van der Waals surface area contributed by atoms with Crippen LogP contribution >= 0.6 is 15.9 Å². The normalized spacial score (nSPS) is 10.0. The average Bonchev–Trinajstić information content (AvgIpc) is 2.38. The number of pyridine rings is 1. The molecule has 0 bridgehead atoms. The fourth-order valence-corrected chi connectivity index (χ4v) is 2.07. The van der Waals surface area contributed by atoms with Gasteiger partial charge in [-0.05, 0) is 40.2 Å². The first-order chi connectivity index (χ1) is 8.99. The van der Waals surface area contributed by atoms with Gasteiger partial charge in [0, 0.05) is 18.6 Å². The molecule has 20 heavy (non-hydrogen) atoms. The van der Waals surface area contributed by atoms with Crippen LogP contribution in [0.3, 0.4) is 0 Å². The topological polar surface area (TPSA) is 20.9 Å². The van der Waals surface area contributed by atoms with Crippen molar-refractivity contribution in [2.45, 2.75) is 13.5 Å². The lowest BCUT2D eigenvalue weighted by atomic mass is 10.1. The summed E-state index contributed by atoms with van der Waals surface area (Å²) in [5.41, 5.74) is 1.05. The number of hydrogen-bond acceptors (Lipinski definition) is 1. The van der Waals surface area contributed by atoms with Crippen molar-refractivity contribution < 1.29 is 35.1 Å². The zero-order valence-corrected chi connectivity index (χ0v) is 13.7. The summed E-state index contributed by atoms with van der Waals surface area (Å²) >= 11 is 3.37. The van der Waals surface area contributed by atoms with Crippen molar-refractivity contribution in [2.24, 2.45) is 0 Å². The van der Waals surface area contributed by atoms with E-state index in [2.05, 4.69) is 15.9 Å². The molecule has 1 aromatic carbocycles. The highest BCUT2D eigenvalue weighted by Gasteiger charge is 2.17. The minimum absolute atomic E-state index is 0. The summed E-state index contributed by atoms with van der Waals surface area (Å²) in [6.45, 7) is 1.94. The van der Waals surface area contributed by atoms with Gasteiger partial charge in [0.25, 0.3) is 0 Å². The van der Waals surface area contributed by atoms with Gasteiger partial charge in [0.05, 0.1) is 4.47 Å². The summed E-state index contributed by atoms with van der Waals surface area (Å²) in [6.07, 6.45) is 1.76. The Bertz CT molecular complexity index is 647. The lowest BCUT2D eigenvalue weighted by molar-refractivity contribution is -0.689. The van der Waals surface area contributed by atoms with Gasteiger partial charge >= 0.3 is 0 Å². The second kappa shape index (κ2) is 7.04. The Labute approximate surface area is 134 Å². The van der Waals surface area contributed by atoms with Crippen LogP contribution in [-0.2, 0) is 6.54 Å². The van der Waals surface area contributed by atoms with Crippen LogP contribution < -0.4 is 21.5 Å². The summed E-state index contributed by atoms with van der Waals surface area (Å²) in [7, 11) is 0. The quantitative estimate of drug-likeness (QED) is 0.527. The molecule has 0 aliphatic carbocycles. The predicted octanol–water partition coefficient (Wildman–Crippen LogP) is 0.210. The zero-order chi connectivity index (χ0) is 14.0. The third kappa shape index (κ3) is 3.70. The molecule has 6 heteroatoms. The van der Waals surface area contributed by atoms with Crippen LogP contribution in [0.15, 0.2) is 41.0 Å². The van der Waals surface area contributed by atoms with E-state index in [1.54, 1.807) is 16.8 Å². The molecular formula is C14H11Br2F2NO. The maximum absolute atomic E-state index is 13.1. The van der Waals surface area contributed by atoms with Crippen molar-refractivity contribution in [2.75, 3.05) is 0 Å². The van der Waals surface area contributed by atoms with E-state index >= 15 is 0 Å². The molecule has 0 spiro atoms. The Balaban J connectivity index is 0.00000200. The fourth-order valence-electron chi connectivity index (χ4n) is 1.69. The third-order valence-electron chi connectivity index (χ3n) is 2.84. The molecule has 0 saturated heterocycles. The van der Waals surface area contributed by atoms with Crippen LogP contribution in [0, 0.1) is 18.6 Å². The minimum atomic E-state index is -1.01. The monoisotopic (exact) mass is 405 g/mol. The molecule has 2 aromatic rings. The van der Waals surface area contributed by atoms with Crippen LogP contribution in [0.2, 0.25) is 0 Å². The summed E-state index contributed by atoms with van der Waals surface area (Å²) in [4.78, 5) is 12.0. The van der Waals surface area contributed by atoms with Gasteiger partial charge in [0.1, 0.15) is 0 Å². The zero-order valence-electron chi connectivity index (χ0n) is 10.5. The highest BCUT2D eigenvalue weighted by atomic mass is 79.9. The molecule has 0 aliphatic heterocycles. The first kappa shape index (κ1) is 16.9. The van der Waals surface area contributed by atoms with Crippen molar-refractivity contribution in [3.8, 4) is 0 Å². The van der Waals surface area contributed by atoms with Crippen LogP contribution in [0.25, 0.3) is 0 Å². The lowest BCUT2D eigenvalue weighted by Gasteiger charge is -2.02. The standard InChI is InChI=1S/C14H11BrF2NO.BrH/c1-9-11(15)3-2-6-18(9)8-14(19)10-4-5-12(16)13(17)7-10;/h2-7H,8H2,1H3;1H/q+1;/p-1. The number of hydrogen-bond donors (Lipinski definition) is 0. The van der Waals surface area contributed by atoms with Gasteiger partial charge in [0.15, 0.2) is 23.5 Å². The molecule has 106 valence electrons. The SMILES string of the molecule is Cc1c(Br)ccc[n+]1CC(=O)c1ccc(F)c(F)c1.[Br-]. The first-order valence-corrected chi connectivity index (χ1v) is 6.41. The Morgan fingerprint density at radius 1 is 1.25 bits per heavy atom. The van der Waals surface area contributed by atoms with Gasteiger partial charge in [-0.2, -0.15) is 4.57 Å². The minimum Gasteiger partial charge on any atom is -1.00 e. The highest BCUT2D eigenvalue weighted by Crippen LogP contribution is 2.12. The summed E-state index contributed by atoms with van der Waals surface area (Å²) in [5, 5.41) is 0. The van der Waals surface area contributed by atoms with E-state index in [4.69, 9.17) is 0 Å². The number of nitrogens with zero attached hydrogens (tertiary/aromatic N) is 1. The van der Waals surface area contributed by atoms with E-state index in [1.807, 2.05) is 13.0 Å². The van der Waals surface area contributed by atoms with E-state index in [9.17, 15) is 13.6 Å². The Morgan fingerprint density at radius 3 is 2.60 bits per heavy atom. The van der Waals surface area contributed by atoms with Crippen LogP contribution in [0.5, 0.6) is 0 Å². The largest absolute Gasteiger partial charge is 1.00 e. The van der Waals surface area contributed by atoms with E-state index in [1.165, 1.54) is 6.07 Å². The molecule has 0 aliphatic rings. The summed E-state index contributed by atoms with van der Waals surface area (Å²) in [6, 6.07) is 6.84. The first-order valence-electron chi connectivity index (χ1n) is 5.62. The molecule has 0 radical (unpaired) electrons. The van der Waals surface area contributed by atoms with Crippen molar-refractivity contribution in [1.82, 2.24) is 0 Å². The van der Waals surface area contributed by atoms with Gasteiger partial charge in [-0.3, -0.25) is 4.79 Å². The molecule has 0 atom stereocenters. The molecule has 0 unspecified atom stereocenters. The van der Waals surface area contributed by atoms with Crippen molar-refractivity contribution in [3.05, 3.63) is 63.9 Å². The maximum atomic E-state index is 13.1. The van der Waals surface area contributed by atoms with Crippen molar-refractivity contribution in [3.63, 3.8) is 0 Å². The average molecular weight is 407 g/mol. The van der Waals surface area contributed by atoms with E-state index in [0.717, 1.165) is 22.3 Å². The Morgan fingerprint density at radius 2 is 1.95 bits per heavy atom. The third-order valence-corrected chi connectivity index (χ3v) is 3.68. The Kier molecular flexibility index (Phi) is 5.95. The Hall–Kier alpha value is -1.14. The van der Waals surface area contributed by atoms with E-state index in [0.29, 0.717) is 0 Å². The van der Waals surface area contributed by atoms with Gasteiger partial charge in [-0.15, -0.1) is 0 Å². The molecule has 0 fully saturated rings. The molecule has 0 N–H and O–H groups in total. The molecular weight excluding hydrogens is 396 g/mol. The molecule has 2 nitrogen and oxygen atoms in total. The second-order valence-electron chi connectivity index (χ2n) is 4.12.